The van der Waals surface area contributed by atoms with Crippen molar-refractivity contribution < 1.29 is 9.59 Å². The zero-order chi connectivity index (χ0) is 11.7. The molecule has 2 rings (SSSR count). The quantitative estimate of drug-likeness (QED) is 0.517. The van der Waals surface area contributed by atoms with Crippen LogP contribution >= 0.6 is 0 Å². The summed E-state index contributed by atoms with van der Waals surface area (Å²) in [5.41, 5.74) is 0. The van der Waals surface area contributed by atoms with E-state index in [1.54, 1.807) is 0 Å². The first kappa shape index (κ1) is 10.9. The third kappa shape index (κ3) is 1.44. The van der Waals surface area contributed by atoms with Crippen LogP contribution in [0.1, 0.15) is 26.2 Å². The molecule has 0 aromatic rings. The fourth-order valence-electron chi connectivity index (χ4n) is 2.46. The highest BCUT2D eigenvalue weighted by molar-refractivity contribution is 6.06. The fourth-order valence-corrected chi connectivity index (χ4v) is 2.46. The first-order valence-corrected chi connectivity index (χ1v) is 5.62. The normalized spacial score (nSPS) is 30.1. The van der Waals surface area contributed by atoms with Crippen LogP contribution in [0.3, 0.4) is 0 Å². The predicted molar refractivity (Wildman–Crippen MR) is 56.9 cm³/mol. The van der Waals surface area contributed by atoms with Gasteiger partial charge in [0.1, 0.15) is 6.04 Å². The molecule has 16 heavy (non-hydrogen) atoms. The summed E-state index contributed by atoms with van der Waals surface area (Å²) >= 11 is 0. The largest absolute Gasteiger partial charge is 0.274 e. The molecule has 2 amide bonds. The lowest BCUT2D eigenvalue weighted by atomic mass is 9.85. The number of hydrogen-bond acceptors (Lipinski definition) is 3. The Morgan fingerprint density at radius 2 is 1.88 bits per heavy atom. The second-order valence-electron chi connectivity index (χ2n) is 4.26. The van der Waals surface area contributed by atoms with Crippen LogP contribution in [-0.2, 0) is 9.59 Å². The van der Waals surface area contributed by atoms with Gasteiger partial charge in [0.05, 0.1) is 17.9 Å². The second-order valence-corrected chi connectivity index (χ2v) is 4.26. The third-order valence-corrected chi connectivity index (χ3v) is 3.39. The highest BCUT2D eigenvalue weighted by atomic mass is 16.2. The van der Waals surface area contributed by atoms with Crippen LogP contribution in [0.25, 0.3) is 0 Å². The Morgan fingerprint density at radius 1 is 1.38 bits per heavy atom. The van der Waals surface area contributed by atoms with E-state index in [2.05, 4.69) is 0 Å². The fraction of sp³-hybridized carbons (Fsp3) is 0.583. The maximum absolute atomic E-state index is 12.0. The van der Waals surface area contributed by atoms with Crippen molar-refractivity contribution in [2.45, 2.75) is 32.2 Å². The van der Waals surface area contributed by atoms with Gasteiger partial charge in [-0.15, -0.1) is 0 Å². The summed E-state index contributed by atoms with van der Waals surface area (Å²) in [4.78, 5) is 25.2. The second kappa shape index (κ2) is 4.09. The molecule has 1 saturated heterocycles. The maximum Gasteiger partial charge on any atom is 0.234 e. The number of allylic oxidation sites excluding steroid dienone is 2. The Balaban J connectivity index is 2.28. The van der Waals surface area contributed by atoms with Crippen molar-refractivity contribution in [3.05, 3.63) is 12.2 Å². The first-order valence-electron chi connectivity index (χ1n) is 5.62. The number of carbonyl (C=O) groups excluding carboxylic acids is 2. The average molecular weight is 218 g/mol. The summed E-state index contributed by atoms with van der Waals surface area (Å²) in [6.07, 6.45) is 5.66. The van der Waals surface area contributed by atoms with Gasteiger partial charge in [0.25, 0.3) is 0 Å². The third-order valence-electron chi connectivity index (χ3n) is 3.39. The van der Waals surface area contributed by atoms with Crippen molar-refractivity contribution >= 4 is 11.8 Å². The summed E-state index contributed by atoms with van der Waals surface area (Å²) < 4.78 is 0. The number of imide groups is 1. The summed E-state index contributed by atoms with van der Waals surface area (Å²) in [5, 5.41) is 8.94. The number of hydrogen-bond donors (Lipinski definition) is 0. The molecule has 1 aliphatic heterocycles. The van der Waals surface area contributed by atoms with E-state index in [1.807, 2.05) is 25.1 Å². The van der Waals surface area contributed by atoms with Gasteiger partial charge < -0.3 is 0 Å². The van der Waals surface area contributed by atoms with Gasteiger partial charge in [-0.25, -0.2) is 0 Å². The van der Waals surface area contributed by atoms with E-state index in [4.69, 9.17) is 5.26 Å². The molecule has 0 N–H and O–H groups in total. The number of carbonyl (C=O) groups is 2. The molecule has 0 spiro atoms. The number of amides is 2. The molecule has 0 aromatic carbocycles. The lowest BCUT2D eigenvalue weighted by Crippen LogP contribution is -2.39. The molecule has 1 unspecified atom stereocenters. The van der Waals surface area contributed by atoms with Crippen LogP contribution in [0.15, 0.2) is 12.2 Å². The number of fused-ring (bicyclic) bond motifs is 1. The summed E-state index contributed by atoms with van der Waals surface area (Å²) in [7, 11) is 0. The minimum Gasteiger partial charge on any atom is -0.274 e. The molecular weight excluding hydrogens is 204 g/mol. The maximum atomic E-state index is 12.0. The number of rotatable bonds is 2. The van der Waals surface area contributed by atoms with Crippen molar-refractivity contribution in [1.82, 2.24) is 4.90 Å². The Hall–Kier alpha value is -1.63. The van der Waals surface area contributed by atoms with E-state index in [-0.39, 0.29) is 23.7 Å². The molecule has 0 radical (unpaired) electrons. The van der Waals surface area contributed by atoms with Crippen LogP contribution < -0.4 is 0 Å². The van der Waals surface area contributed by atoms with E-state index in [0.717, 1.165) is 0 Å². The van der Waals surface area contributed by atoms with Gasteiger partial charge in [-0.3, -0.25) is 14.5 Å². The van der Waals surface area contributed by atoms with E-state index in [9.17, 15) is 9.59 Å². The summed E-state index contributed by atoms with van der Waals surface area (Å²) in [6, 6.07) is 1.44. The zero-order valence-corrected chi connectivity index (χ0v) is 9.22. The van der Waals surface area contributed by atoms with Crippen molar-refractivity contribution in [2.75, 3.05) is 0 Å². The van der Waals surface area contributed by atoms with Crippen molar-refractivity contribution in [1.29, 1.82) is 5.26 Å². The molecule has 1 aliphatic carbocycles. The number of nitriles is 1. The molecule has 4 nitrogen and oxygen atoms in total. The first-order chi connectivity index (χ1) is 7.70. The molecule has 84 valence electrons. The molecule has 4 heteroatoms. The Kier molecular flexibility index (Phi) is 2.78. The van der Waals surface area contributed by atoms with Crippen LogP contribution in [0.5, 0.6) is 0 Å². The van der Waals surface area contributed by atoms with Crippen molar-refractivity contribution in [3.8, 4) is 6.07 Å². The Labute approximate surface area is 94.5 Å². The highest BCUT2D eigenvalue weighted by Crippen LogP contribution is 2.36. The number of likely N-dealkylation sites (tertiary alicyclic amines) is 1. The van der Waals surface area contributed by atoms with Gasteiger partial charge in [0.15, 0.2) is 0 Å². The molecular formula is C12H14N2O2. The zero-order valence-electron chi connectivity index (χ0n) is 9.22. The predicted octanol–water partition coefficient (Wildman–Crippen LogP) is 1.24. The molecule has 0 bridgehead atoms. The SMILES string of the molecule is CCC(C#N)N1C(=O)[C@H]2CC=CC[C@H]2C1=O. The Morgan fingerprint density at radius 3 is 2.25 bits per heavy atom. The molecule has 1 fully saturated rings. The molecule has 1 heterocycles. The summed E-state index contributed by atoms with van der Waals surface area (Å²) in [5.74, 6) is -0.764. The van der Waals surface area contributed by atoms with Crippen LogP contribution in [0.4, 0.5) is 0 Å². The van der Waals surface area contributed by atoms with Crippen LogP contribution in [-0.4, -0.2) is 22.8 Å². The lowest BCUT2D eigenvalue weighted by molar-refractivity contribution is -0.141. The minimum atomic E-state index is -0.592. The molecule has 0 aromatic heterocycles. The van der Waals surface area contributed by atoms with E-state index < -0.39 is 6.04 Å². The Bertz CT molecular complexity index is 368. The molecule has 2 aliphatic rings. The highest BCUT2D eigenvalue weighted by Gasteiger charge is 2.49. The van der Waals surface area contributed by atoms with E-state index >= 15 is 0 Å². The smallest absolute Gasteiger partial charge is 0.234 e. The molecule has 0 saturated carbocycles. The standard InChI is InChI=1S/C12H14N2O2/c1-2-8(7-13)14-11(15)9-5-3-4-6-10(9)12(14)16/h3-4,8-10H,2,5-6H2,1H3/t8?,9-,10+. The van der Waals surface area contributed by atoms with Gasteiger partial charge in [-0.2, -0.15) is 5.26 Å². The van der Waals surface area contributed by atoms with E-state index in [0.29, 0.717) is 19.3 Å². The van der Waals surface area contributed by atoms with Gasteiger partial charge in [0, 0.05) is 0 Å². The lowest BCUT2D eigenvalue weighted by Gasteiger charge is -2.18. The van der Waals surface area contributed by atoms with Gasteiger partial charge in [-0.05, 0) is 19.3 Å². The summed E-state index contributed by atoms with van der Waals surface area (Å²) in [6.45, 7) is 1.81. The van der Waals surface area contributed by atoms with Crippen LogP contribution in [0, 0.1) is 23.2 Å². The van der Waals surface area contributed by atoms with Gasteiger partial charge >= 0.3 is 0 Å². The van der Waals surface area contributed by atoms with E-state index in [1.165, 1.54) is 4.90 Å². The number of nitrogens with zero attached hydrogens (tertiary/aromatic N) is 2. The van der Waals surface area contributed by atoms with Crippen molar-refractivity contribution in [3.63, 3.8) is 0 Å². The van der Waals surface area contributed by atoms with Gasteiger partial charge in [0.2, 0.25) is 11.8 Å². The minimum absolute atomic E-state index is 0.159. The monoisotopic (exact) mass is 218 g/mol. The topological polar surface area (TPSA) is 61.2 Å². The van der Waals surface area contributed by atoms with Crippen LogP contribution in [0.2, 0.25) is 0 Å². The van der Waals surface area contributed by atoms with Gasteiger partial charge in [-0.1, -0.05) is 19.1 Å². The van der Waals surface area contributed by atoms with Crippen molar-refractivity contribution in [2.24, 2.45) is 11.8 Å². The molecule has 3 atom stereocenters. The average Bonchev–Trinajstić information content (AvgIpc) is 2.57.